The van der Waals surface area contributed by atoms with E-state index in [0.29, 0.717) is 0 Å². The van der Waals surface area contributed by atoms with Crippen LogP contribution in [0, 0.1) is 0 Å². The lowest BCUT2D eigenvalue weighted by Gasteiger charge is -2.26. The van der Waals surface area contributed by atoms with E-state index in [0.717, 1.165) is 38.9 Å². The third kappa shape index (κ3) is 3.87. The number of aliphatic imine (C=N–C) groups is 1. The molecule has 0 aromatic heterocycles. The molecule has 1 saturated heterocycles. The summed E-state index contributed by atoms with van der Waals surface area (Å²) in [6.45, 7) is 4.74. The zero-order chi connectivity index (χ0) is 10.4. The van der Waals surface area contributed by atoms with Crippen molar-refractivity contribution in [1.29, 1.82) is 0 Å². The fourth-order valence-electron chi connectivity index (χ4n) is 1.65. The summed E-state index contributed by atoms with van der Waals surface area (Å²) < 4.78 is 0. The van der Waals surface area contributed by atoms with Crippen LogP contribution in [0.15, 0.2) is 4.99 Å². The van der Waals surface area contributed by atoms with Gasteiger partial charge in [-0.3, -0.25) is 14.7 Å². The van der Waals surface area contributed by atoms with Crippen molar-refractivity contribution in [2.24, 2.45) is 4.99 Å². The van der Waals surface area contributed by atoms with E-state index in [1.54, 1.807) is 0 Å². The number of rotatable bonds is 4. The molecule has 0 radical (unpaired) electrons. The molecule has 80 valence electrons. The maximum atomic E-state index is 10.5. The van der Waals surface area contributed by atoms with E-state index in [9.17, 15) is 4.79 Å². The molecule has 4 heteroatoms. The lowest BCUT2D eigenvalue weighted by molar-refractivity contribution is -0.138. The van der Waals surface area contributed by atoms with Crippen molar-refractivity contribution in [3.63, 3.8) is 0 Å². The average molecular weight is 198 g/mol. The Bertz CT molecular complexity index is 226. The van der Waals surface area contributed by atoms with Gasteiger partial charge >= 0.3 is 5.97 Å². The minimum atomic E-state index is -0.748. The molecule has 0 saturated carbocycles. The molecule has 0 amide bonds. The highest BCUT2D eigenvalue weighted by atomic mass is 16.4. The van der Waals surface area contributed by atoms with E-state index in [4.69, 9.17) is 5.11 Å². The third-order valence-electron chi connectivity index (χ3n) is 2.26. The van der Waals surface area contributed by atoms with E-state index < -0.39 is 5.97 Å². The van der Waals surface area contributed by atoms with Gasteiger partial charge < -0.3 is 5.11 Å². The summed E-state index contributed by atoms with van der Waals surface area (Å²) in [6, 6.07) is 0. The zero-order valence-corrected chi connectivity index (χ0v) is 8.70. The molecule has 0 bridgehead atoms. The summed E-state index contributed by atoms with van der Waals surface area (Å²) in [5, 5.41) is 8.65. The maximum absolute atomic E-state index is 10.5. The largest absolute Gasteiger partial charge is 0.480 e. The molecule has 0 aliphatic carbocycles. The summed E-state index contributed by atoms with van der Waals surface area (Å²) in [5.41, 5.74) is 1.17. The van der Waals surface area contributed by atoms with Gasteiger partial charge in [0, 0.05) is 18.8 Å². The zero-order valence-electron chi connectivity index (χ0n) is 8.70. The van der Waals surface area contributed by atoms with Gasteiger partial charge in [0.05, 0.1) is 6.54 Å². The van der Waals surface area contributed by atoms with E-state index in [-0.39, 0.29) is 6.54 Å². The fourth-order valence-corrected chi connectivity index (χ4v) is 1.65. The standard InChI is InChI=1S/C10H18N2O2/c1-2-5-11-9-4-3-6-12(7-9)8-10(13)14/h2-8H2,1H3,(H,13,14). The van der Waals surface area contributed by atoms with E-state index in [1.165, 1.54) is 5.71 Å². The molecule has 14 heavy (non-hydrogen) atoms. The molecule has 1 heterocycles. The second-order valence-electron chi connectivity index (χ2n) is 3.66. The molecule has 0 aromatic rings. The number of hydrogen-bond acceptors (Lipinski definition) is 3. The van der Waals surface area contributed by atoms with Crippen LogP contribution in [0.3, 0.4) is 0 Å². The van der Waals surface area contributed by atoms with Crippen molar-refractivity contribution in [2.75, 3.05) is 26.2 Å². The Balaban J connectivity index is 2.39. The molecular formula is C10H18N2O2. The Hall–Kier alpha value is -0.900. The number of carboxylic acids is 1. The van der Waals surface area contributed by atoms with Crippen LogP contribution >= 0.6 is 0 Å². The fraction of sp³-hybridized carbons (Fsp3) is 0.800. The van der Waals surface area contributed by atoms with Crippen molar-refractivity contribution in [1.82, 2.24) is 4.90 Å². The van der Waals surface area contributed by atoms with Crippen molar-refractivity contribution in [3.8, 4) is 0 Å². The van der Waals surface area contributed by atoms with Crippen LogP contribution in [0.4, 0.5) is 0 Å². The normalized spacial score (nSPS) is 21.4. The quantitative estimate of drug-likeness (QED) is 0.733. The van der Waals surface area contributed by atoms with Crippen molar-refractivity contribution in [3.05, 3.63) is 0 Å². The van der Waals surface area contributed by atoms with Gasteiger partial charge in [0.25, 0.3) is 0 Å². The molecule has 1 aliphatic rings. The maximum Gasteiger partial charge on any atom is 0.317 e. The van der Waals surface area contributed by atoms with Crippen LogP contribution in [0.5, 0.6) is 0 Å². The van der Waals surface area contributed by atoms with E-state index in [2.05, 4.69) is 11.9 Å². The lowest BCUT2D eigenvalue weighted by atomic mass is 10.1. The first-order valence-corrected chi connectivity index (χ1v) is 5.18. The molecule has 0 unspecified atom stereocenters. The van der Waals surface area contributed by atoms with Gasteiger partial charge in [0.2, 0.25) is 0 Å². The highest BCUT2D eigenvalue weighted by Crippen LogP contribution is 2.07. The van der Waals surface area contributed by atoms with Crippen molar-refractivity contribution >= 4 is 11.7 Å². The Morgan fingerprint density at radius 1 is 1.64 bits per heavy atom. The Kier molecular flexibility index (Phi) is 4.59. The van der Waals surface area contributed by atoms with Gasteiger partial charge in [-0.15, -0.1) is 0 Å². The summed E-state index contributed by atoms with van der Waals surface area (Å²) in [4.78, 5) is 16.9. The van der Waals surface area contributed by atoms with Crippen LogP contribution in [0.1, 0.15) is 26.2 Å². The summed E-state index contributed by atoms with van der Waals surface area (Å²) in [7, 11) is 0. The van der Waals surface area contributed by atoms with E-state index in [1.807, 2.05) is 4.90 Å². The summed E-state index contributed by atoms with van der Waals surface area (Å²) in [6.07, 6.45) is 3.13. The Morgan fingerprint density at radius 2 is 2.43 bits per heavy atom. The van der Waals surface area contributed by atoms with Gasteiger partial charge in [-0.2, -0.15) is 0 Å². The second kappa shape index (κ2) is 5.75. The smallest absolute Gasteiger partial charge is 0.317 e. The van der Waals surface area contributed by atoms with Crippen molar-refractivity contribution in [2.45, 2.75) is 26.2 Å². The molecule has 1 N–H and O–H groups in total. The second-order valence-corrected chi connectivity index (χ2v) is 3.66. The SMILES string of the molecule is CCCN=C1CCCN(CC(=O)O)C1. The minimum absolute atomic E-state index is 0.144. The number of nitrogens with zero attached hydrogens (tertiary/aromatic N) is 2. The molecule has 4 nitrogen and oxygen atoms in total. The molecule has 1 aliphatic heterocycles. The molecule has 0 aromatic carbocycles. The monoisotopic (exact) mass is 198 g/mol. The predicted octanol–water partition coefficient (Wildman–Crippen LogP) is 1.02. The molecule has 0 spiro atoms. The summed E-state index contributed by atoms with van der Waals surface area (Å²) in [5.74, 6) is -0.748. The Labute approximate surface area is 84.6 Å². The van der Waals surface area contributed by atoms with Gasteiger partial charge in [-0.05, 0) is 25.8 Å². The molecule has 1 fully saturated rings. The number of aliphatic carboxylic acids is 1. The number of likely N-dealkylation sites (tertiary alicyclic amines) is 1. The van der Waals surface area contributed by atoms with E-state index >= 15 is 0 Å². The first-order chi connectivity index (χ1) is 6.72. The first-order valence-electron chi connectivity index (χ1n) is 5.18. The number of hydrogen-bond donors (Lipinski definition) is 1. The predicted molar refractivity (Wildman–Crippen MR) is 55.9 cm³/mol. The van der Waals surface area contributed by atoms with Gasteiger partial charge in [-0.1, -0.05) is 6.92 Å². The van der Waals surface area contributed by atoms with Crippen LogP contribution < -0.4 is 0 Å². The molecule has 0 atom stereocenters. The minimum Gasteiger partial charge on any atom is -0.480 e. The van der Waals surface area contributed by atoms with Gasteiger partial charge in [0.15, 0.2) is 0 Å². The van der Waals surface area contributed by atoms with Crippen LogP contribution in [-0.2, 0) is 4.79 Å². The highest BCUT2D eigenvalue weighted by molar-refractivity contribution is 5.87. The van der Waals surface area contributed by atoms with Crippen LogP contribution in [0.25, 0.3) is 0 Å². The lowest BCUT2D eigenvalue weighted by Crippen LogP contribution is -2.39. The average Bonchev–Trinajstić information content (AvgIpc) is 2.14. The summed E-state index contributed by atoms with van der Waals surface area (Å²) >= 11 is 0. The van der Waals surface area contributed by atoms with Crippen LogP contribution in [-0.4, -0.2) is 47.9 Å². The molecular weight excluding hydrogens is 180 g/mol. The van der Waals surface area contributed by atoms with Gasteiger partial charge in [0.1, 0.15) is 0 Å². The molecule has 1 rings (SSSR count). The highest BCUT2D eigenvalue weighted by Gasteiger charge is 2.16. The number of carboxylic acid groups (broad SMARTS) is 1. The number of piperidine rings is 1. The van der Waals surface area contributed by atoms with Crippen molar-refractivity contribution < 1.29 is 9.90 Å². The van der Waals surface area contributed by atoms with Crippen LogP contribution in [0.2, 0.25) is 0 Å². The third-order valence-corrected chi connectivity index (χ3v) is 2.26. The Morgan fingerprint density at radius 3 is 3.07 bits per heavy atom. The number of carbonyl (C=O) groups is 1. The van der Waals surface area contributed by atoms with Gasteiger partial charge in [-0.25, -0.2) is 0 Å². The first kappa shape index (κ1) is 11.2. The topological polar surface area (TPSA) is 52.9 Å².